The summed E-state index contributed by atoms with van der Waals surface area (Å²) in [7, 11) is 0. The fraction of sp³-hybridized carbons (Fsp3) is 0.348. The summed E-state index contributed by atoms with van der Waals surface area (Å²) in [5.41, 5.74) is 9.60. The van der Waals surface area contributed by atoms with Crippen LogP contribution in [0.1, 0.15) is 68.0 Å². The third kappa shape index (κ3) is 3.95. The van der Waals surface area contributed by atoms with Gasteiger partial charge < -0.3 is 20.4 Å². The summed E-state index contributed by atoms with van der Waals surface area (Å²) < 4.78 is 7.09. The number of aryl methyl sites for hydroxylation is 3. The van der Waals surface area contributed by atoms with Gasteiger partial charge in [-0.15, -0.1) is 11.3 Å². The monoisotopic (exact) mass is 441 g/mol. The van der Waals surface area contributed by atoms with E-state index >= 15 is 0 Å². The molecule has 3 aromatic rings. The number of carbonyl (C=O) groups excluding carboxylic acids is 3. The molecular weight excluding hydrogens is 414 g/mol. The van der Waals surface area contributed by atoms with Crippen LogP contribution < -0.4 is 11.1 Å². The van der Waals surface area contributed by atoms with Gasteiger partial charge in [-0.3, -0.25) is 9.59 Å². The van der Waals surface area contributed by atoms with E-state index in [2.05, 4.69) is 24.4 Å². The zero-order chi connectivity index (χ0) is 22.9. The van der Waals surface area contributed by atoms with Crippen LogP contribution in [0, 0.1) is 13.8 Å². The van der Waals surface area contributed by atoms with Gasteiger partial charge in [0.05, 0.1) is 17.0 Å². The maximum Gasteiger partial charge on any atom is 0.341 e. The molecule has 0 atom stereocenters. The maximum atomic E-state index is 13.4. The lowest BCUT2D eigenvalue weighted by molar-refractivity contribution is 0.0527. The van der Waals surface area contributed by atoms with E-state index in [1.165, 1.54) is 5.56 Å². The van der Waals surface area contributed by atoms with Gasteiger partial charge in [0, 0.05) is 17.4 Å². The molecule has 0 fully saturated rings. The fourth-order valence-corrected chi connectivity index (χ4v) is 4.90. The molecule has 0 saturated carbocycles. The minimum atomic E-state index is -0.653. The molecule has 2 amide bonds. The summed E-state index contributed by atoms with van der Waals surface area (Å²) in [6, 6.07) is 6.21. The summed E-state index contributed by atoms with van der Waals surface area (Å²) in [6.45, 7) is 10.1. The maximum absolute atomic E-state index is 13.4. The predicted octanol–water partition coefficient (Wildman–Crippen LogP) is 4.43. The smallest absolute Gasteiger partial charge is 0.341 e. The molecule has 2 heterocycles. The Balaban J connectivity index is 2.11. The van der Waals surface area contributed by atoms with E-state index in [1.807, 2.05) is 24.5 Å². The minimum Gasteiger partial charge on any atom is -0.462 e. The quantitative estimate of drug-likeness (QED) is 0.529. The Morgan fingerprint density at radius 3 is 2.42 bits per heavy atom. The third-order valence-electron chi connectivity index (χ3n) is 5.40. The molecule has 1 aromatic carbocycles. The molecule has 0 aliphatic rings. The van der Waals surface area contributed by atoms with E-state index in [-0.39, 0.29) is 28.0 Å². The Bertz CT molecular complexity index is 1190. The molecule has 0 bridgehead atoms. The number of carbonyl (C=O) groups is 3. The number of nitrogens with two attached hydrogens (primary N) is 1. The van der Waals surface area contributed by atoms with Crippen LogP contribution in [0.3, 0.4) is 0 Å². The second-order valence-electron chi connectivity index (χ2n) is 7.22. The predicted molar refractivity (Wildman–Crippen MR) is 123 cm³/mol. The van der Waals surface area contributed by atoms with Crippen molar-refractivity contribution in [3.05, 3.63) is 51.0 Å². The first-order valence-corrected chi connectivity index (χ1v) is 11.1. The van der Waals surface area contributed by atoms with Gasteiger partial charge in [0.2, 0.25) is 0 Å². The zero-order valence-electron chi connectivity index (χ0n) is 18.4. The Labute approximate surface area is 185 Å². The molecule has 31 heavy (non-hydrogen) atoms. The van der Waals surface area contributed by atoms with E-state index in [0.29, 0.717) is 17.8 Å². The van der Waals surface area contributed by atoms with Gasteiger partial charge in [-0.05, 0) is 62.9 Å². The molecule has 0 aliphatic heterocycles. The number of esters is 1. The number of amides is 2. The summed E-state index contributed by atoms with van der Waals surface area (Å²) in [6.07, 6.45) is 0.904. The molecule has 2 aromatic heterocycles. The lowest BCUT2D eigenvalue weighted by Gasteiger charge is -2.10. The molecule has 0 spiro atoms. The molecule has 164 valence electrons. The van der Waals surface area contributed by atoms with Gasteiger partial charge in [0.15, 0.2) is 0 Å². The van der Waals surface area contributed by atoms with Crippen molar-refractivity contribution in [2.45, 2.75) is 47.6 Å². The Kier molecular flexibility index (Phi) is 6.50. The molecule has 0 radical (unpaired) electrons. The summed E-state index contributed by atoms with van der Waals surface area (Å²) in [4.78, 5) is 37.9. The van der Waals surface area contributed by atoms with Crippen molar-refractivity contribution < 1.29 is 19.1 Å². The van der Waals surface area contributed by atoms with Crippen molar-refractivity contribution in [2.75, 3.05) is 11.9 Å². The first-order valence-electron chi connectivity index (χ1n) is 10.3. The number of nitrogens with zero attached hydrogens (tertiary/aromatic N) is 1. The van der Waals surface area contributed by atoms with Gasteiger partial charge in [0.25, 0.3) is 11.8 Å². The van der Waals surface area contributed by atoms with Gasteiger partial charge in [-0.25, -0.2) is 4.79 Å². The van der Waals surface area contributed by atoms with Crippen molar-refractivity contribution in [1.82, 2.24) is 4.57 Å². The van der Waals surface area contributed by atoms with Crippen LogP contribution in [0.25, 0.3) is 10.9 Å². The van der Waals surface area contributed by atoms with E-state index in [9.17, 15) is 14.4 Å². The molecule has 7 nitrogen and oxygen atoms in total. The molecule has 3 N–H and O–H groups in total. The Morgan fingerprint density at radius 2 is 1.84 bits per heavy atom. The molecule has 8 heteroatoms. The standard InChI is InChI=1S/C23H27N3O4S/c1-6-14-9-10-16-15(11-14)12(4)18(26(16)7-2)21(28)25-22-17(23(29)30-8-3)13(5)19(31-22)20(24)27/h9-11H,6-8H2,1-5H3,(H2,24,27)(H,25,28). The van der Waals surface area contributed by atoms with Crippen molar-refractivity contribution in [3.63, 3.8) is 0 Å². The highest BCUT2D eigenvalue weighted by atomic mass is 32.1. The number of hydrogen-bond donors (Lipinski definition) is 2. The van der Waals surface area contributed by atoms with E-state index in [0.717, 1.165) is 34.2 Å². The largest absolute Gasteiger partial charge is 0.462 e. The highest BCUT2D eigenvalue weighted by Crippen LogP contribution is 2.35. The number of thiophene rings is 1. The van der Waals surface area contributed by atoms with Gasteiger partial charge in [-0.2, -0.15) is 0 Å². The van der Waals surface area contributed by atoms with Crippen LogP contribution in [-0.2, 0) is 17.7 Å². The lowest BCUT2D eigenvalue weighted by atomic mass is 10.1. The van der Waals surface area contributed by atoms with Crippen LogP contribution in [0.5, 0.6) is 0 Å². The number of rotatable bonds is 7. The number of primary amides is 1. The van der Waals surface area contributed by atoms with Crippen LogP contribution in [0.15, 0.2) is 18.2 Å². The minimum absolute atomic E-state index is 0.166. The van der Waals surface area contributed by atoms with Crippen LogP contribution >= 0.6 is 11.3 Å². The number of benzene rings is 1. The third-order valence-corrected chi connectivity index (χ3v) is 6.62. The molecule has 3 rings (SSSR count). The van der Waals surface area contributed by atoms with Crippen LogP contribution in [0.2, 0.25) is 0 Å². The molecule has 0 unspecified atom stereocenters. The van der Waals surface area contributed by atoms with Crippen molar-refractivity contribution in [2.24, 2.45) is 5.73 Å². The fourth-order valence-electron chi connectivity index (χ4n) is 3.86. The zero-order valence-corrected chi connectivity index (χ0v) is 19.2. The van der Waals surface area contributed by atoms with E-state index in [4.69, 9.17) is 10.5 Å². The second kappa shape index (κ2) is 8.93. The molecular formula is C23H27N3O4S. The first kappa shape index (κ1) is 22.6. The Morgan fingerprint density at radius 1 is 1.13 bits per heavy atom. The summed E-state index contributed by atoms with van der Waals surface area (Å²) >= 11 is 0.987. The van der Waals surface area contributed by atoms with Gasteiger partial charge in [-0.1, -0.05) is 13.0 Å². The van der Waals surface area contributed by atoms with Crippen molar-refractivity contribution in [1.29, 1.82) is 0 Å². The van der Waals surface area contributed by atoms with Gasteiger partial charge >= 0.3 is 5.97 Å². The SMILES string of the molecule is CCOC(=O)c1c(NC(=O)c2c(C)c3cc(CC)ccc3n2CC)sc(C(N)=O)c1C. The number of anilines is 1. The Hall–Kier alpha value is -3.13. The molecule has 0 aliphatic carbocycles. The summed E-state index contributed by atoms with van der Waals surface area (Å²) in [5, 5.41) is 4.12. The number of ether oxygens (including phenoxy) is 1. The van der Waals surface area contributed by atoms with E-state index in [1.54, 1.807) is 13.8 Å². The topological polar surface area (TPSA) is 103 Å². The summed E-state index contributed by atoms with van der Waals surface area (Å²) in [5.74, 6) is -1.60. The number of aromatic nitrogens is 1. The van der Waals surface area contributed by atoms with Crippen LogP contribution in [-0.4, -0.2) is 29.0 Å². The average molecular weight is 442 g/mol. The highest BCUT2D eigenvalue weighted by Gasteiger charge is 2.27. The first-order chi connectivity index (χ1) is 14.7. The number of nitrogens with one attached hydrogen (secondary N) is 1. The molecule has 0 saturated heterocycles. The van der Waals surface area contributed by atoms with E-state index < -0.39 is 11.9 Å². The van der Waals surface area contributed by atoms with Crippen molar-refractivity contribution in [3.8, 4) is 0 Å². The number of hydrogen-bond acceptors (Lipinski definition) is 5. The highest BCUT2D eigenvalue weighted by molar-refractivity contribution is 7.18. The second-order valence-corrected chi connectivity index (χ2v) is 8.24. The normalized spacial score (nSPS) is 11.0. The van der Waals surface area contributed by atoms with Crippen molar-refractivity contribution >= 4 is 45.0 Å². The number of fused-ring (bicyclic) bond motifs is 1. The van der Waals surface area contributed by atoms with Crippen LogP contribution in [0.4, 0.5) is 5.00 Å². The van der Waals surface area contributed by atoms with Gasteiger partial charge in [0.1, 0.15) is 10.7 Å². The lowest BCUT2D eigenvalue weighted by Crippen LogP contribution is -2.19. The average Bonchev–Trinajstić information content (AvgIpc) is 3.21.